The number of ether oxygens (including phenoxy) is 2. The molecule has 0 spiro atoms. The van der Waals surface area contributed by atoms with Gasteiger partial charge in [-0.1, -0.05) is 15.9 Å². The smallest absolute Gasteiger partial charge is 0.340 e. The Balaban J connectivity index is 2.75. The molecule has 118 valence electrons. The van der Waals surface area contributed by atoms with Crippen molar-refractivity contribution >= 4 is 23.4 Å². The van der Waals surface area contributed by atoms with E-state index in [4.69, 9.17) is 14.0 Å². The maximum atomic E-state index is 12.4. The topological polar surface area (TPSA) is 91.1 Å². The van der Waals surface area contributed by atoms with Gasteiger partial charge in [0.1, 0.15) is 0 Å². The van der Waals surface area contributed by atoms with Crippen molar-refractivity contribution in [3.8, 4) is 0 Å². The lowest BCUT2D eigenvalue weighted by molar-refractivity contribution is -0.626. The van der Waals surface area contributed by atoms with Gasteiger partial charge in [0.15, 0.2) is 19.0 Å². The Morgan fingerprint density at radius 3 is 2.55 bits per heavy atom. The first-order chi connectivity index (χ1) is 9.05. The quantitative estimate of drug-likeness (QED) is 0.291. The van der Waals surface area contributed by atoms with Crippen LogP contribution in [0, 0.1) is 10.1 Å². The van der Waals surface area contributed by atoms with E-state index in [1.54, 1.807) is 20.9 Å². The summed E-state index contributed by atoms with van der Waals surface area (Å²) in [7, 11) is -1.48. The molecule has 1 fully saturated rings. The van der Waals surface area contributed by atoms with E-state index in [1.807, 2.05) is 0 Å². The largest absolute Gasteiger partial charge is 0.374 e. The first kappa shape index (κ1) is 18.0. The van der Waals surface area contributed by atoms with Crippen molar-refractivity contribution in [2.75, 3.05) is 38.8 Å². The van der Waals surface area contributed by atoms with Crippen LogP contribution in [-0.2, 0) is 18.6 Å². The van der Waals surface area contributed by atoms with Crippen LogP contribution in [-0.4, -0.2) is 59.9 Å². The first-order valence-electron chi connectivity index (χ1n) is 6.03. The molecule has 1 aliphatic rings. The van der Waals surface area contributed by atoms with E-state index in [1.165, 1.54) is 11.3 Å². The van der Waals surface area contributed by atoms with Gasteiger partial charge in [0.25, 0.3) is 7.52 Å². The van der Waals surface area contributed by atoms with Crippen molar-refractivity contribution in [3.63, 3.8) is 0 Å². The predicted molar refractivity (Wildman–Crippen MR) is 76.7 cm³/mol. The van der Waals surface area contributed by atoms with E-state index in [9.17, 15) is 14.7 Å². The van der Waals surface area contributed by atoms with Gasteiger partial charge in [-0.3, -0.25) is 19.4 Å². The van der Waals surface area contributed by atoms with Crippen LogP contribution in [0.2, 0.25) is 0 Å². The third kappa shape index (κ3) is 4.22. The Morgan fingerprint density at radius 2 is 2.15 bits per heavy atom. The van der Waals surface area contributed by atoms with Crippen LogP contribution in [0.5, 0.6) is 0 Å². The highest BCUT2D eigenvalue weighted by Gasteiger charge is 2.57. The number of hydrogen-bond donors (Lipinski definition) is 0. The van der Waals surface area contributed by atoms with Crippen LogP contribution in [0.3, 0.4) is 0 Å². The lowest BCUT2D eigenvalue weighted by Crippen LogP contribution is -2.46. The average molecular weight is 375 g/mol. The summed E-state index contributed by atoms with van der Waals surface area (Å²) in [6, 6.07) is 0. The van der Waals surface area contributed by atoms with Gasteiger partial charge < -0.3 is 9.26 Å². The number of hydrogen-bond acceptors (Lipinski definition) is 6. The third-order valence-electron chi connectivity index (χ3n) is 2.97. The molecule has 20 heavy (non-hydrogen) atoms. The minimum Gasteiger partial charge on any atom is -0.340 e. The van der Waals surface area contributed by atoms with Crippen molar-refractivity contribution in [1.82, 2.24) is 4.67 Å². The number of halogens is 1. The Bertz CT molecular complexity index is 421. The molecule has 0 aromatic rings. The van der Waals surface area contributed by atoms with Crippen LogP contribution in [0.15, 0.2) is 0 Å². The maximum Gasteiger partial charge on any atom is 0.374 e. The van der Waals surface area contributed by atoms with Crippen LogP contribution >= 0.6 is 23.4 Å². The molecule has 10 heteroatoms. The van der Waals surface area contributed by atoms with Gasteiger partial charge in [0.2, 0.25) is 0 Å². The van der Waals surface area contributed by atoms with E-state index < -0.39 is 30.6 Å². The normalized spacial score (nSPS) is 28.5. The molecule has 0 radical (unpaired) electrons. The van der Waals surface area contributed by atoms with E-state index in [0.717, 1.165) is 0 Å². The van der Waals surface area contributed by atoms with Gasteiger partial charge in [-0.15, -0.1) is 0 Å². The molecule has 1 rings (SSSR count). The fourth-order valence-corrected chi connectivity index (χ4v) is 3.55. The highest BCUT2D eigenvalue weighted by Crippen LogP contribution is 2.47. The minimum atomic E-state index is -3.11. The Hall–Kier alpha value is -0.0500. The zero-order valence-electron chi connectivity index (χ0n) is 12.0. The number of alkyl halides is 1. The number of nitrogens with zero attached hydrogens (tertiary/aromatic N) is 2. The number of rotatable bonds is 7. The molecule has 1 aliphatic heterocycles. The molecule has 0 saturated carbocycles. The molecule has 0 amide bonds. The van der Waals surface area contributed by atoms with E-state index in [-0.39, 0.29) is 6.61 Å². The second-order valence-corrected chi connectivity index (χ2v) is 8.48. The van der Waals surface area contributed by atoms with Gasteiger partial charge >= 0.3 is 5.72 Å². The number of nitro groups is 1. The maximum absolute atomic E-state index is 12.4. The summed E-state index contributed by atoms with van der Waals surface area (Å²) in [4.78, 5) is 10.6. The second kappa shape index (κ2) is 6.37. The van der Waals surface area contributed by atoms with Gasteiger partial charge in [-0.2, -0.15) is 0 Å². The summed E-state index contributed by atoms with van der Waals surface area (Å²) in [5.41, 5.74) is -1.82. The van der Waals surface area contributed by atoms with E-state index in [0.29, 0.717) is 11.9 Å². The second-order valence-electron chi connectivity index (χ2n) is 5.14. The van der Waals surface area contributed by atoms with Gasteiger partial charge in [-0.25, -0.2) is 4.67 Å². The van der Waals surface area contributed by atoms with Crippen LogP contribution in [0.1, 0.15) is 13.8 Å². The Kier molecular flexibility index (Phi) is 5.74. The molecular weight excluding hydrogens is 355 g/mol. The predicted octanol–water partition coefficient (Wildman–Crippen LogP) is 1.91. The SMILES string of the molecule is CN(CCBr)P(C)(=O)OCC1([N+](=O)[O-])COC(C)(C)O1. The zero-order valence-corrected chi connectivity index (χ0v) is 14.5. The fraction of sp³-hybridized carbons (Fsp3) is 1.00. The van der Waals surface area contributed by atoms with Gasteiger partial charge in [-0.05, 0) is 20.9 Å². The van der Waals surface area contributed by atoms with Crippen molar-refractivity contribution in [1.29, 1.82) is 0 Å². The summed E-state index contributed by atoms with van der Waals surface area (Å²) in [6.07, 6.45) is 0. The van der Waals surface area contributed by atoms with Crippen molar-refractivity contribution in [2.24, 2.45) is 0 Å². The molecule has 2 unspecified atom stereocenters. The molecule has 0 aliphatic carbocycles. The summed E-state index contributed by atoms with van der Waals surface area (Å²) in [5, 5.41) is 11.9. The summed E-state index contributed by atoms with van der Waals surface area (Å²) >= 11 is 3.24. The standard InChI is InChI=1S/C10H20BrN2O6P/c1-9(2)17-7-10(19-9,13(14)15)8-18-20(4,16)12(3)6-5-11/h5-8H2,1-4H3. The average Bonchev–Trinajstić information content (AvgIpc) is 2.64. The molecular formula is C10H20BrN2O6P. The molecule has 0 bridgehead atoms. The Morgan fingerprint density at radius 1 is 1.55 bits per heavy atom. The molecule has 8 nitrogen and oxygen atoms in total. The minimum absolute atomic E-state index is 0.241. The first-order valence-corrected chi connectivity index (χ1v) is 9.17. The van der Waals surface area contributed by atoms with Crippen LogP contribution in [0.4, 0.5) is 0 Å². The van der Waals surface area contributed by atoms with Crippen LogP contribution in [0.25, 0.3) is 0 Å². The fourth-order valence-electron chi connectivity index (χ4n) is 1.64. The molecule has 1 heterocycles. The molecule has 1 saturated heterocycles. The molecule has 0 aromatic carbocycles. The lowest BCUT2D eigenvalue weighted by atomic mass is 10.3. The van der Waals surface area contributed by atoms with E-state index in [2.05, 4.69) is 15.9 Å². The van der Waals surface area contributed by atoms with Crippen LogP contribution < -0.4 is 0 Å². The zero-order chi connectivity index (χ0) is 15.6. The van der Waals surface area contributed by atoms with E-state index >= 15 is 0 Å². The summed E-state index contributed by atoms with van der Waals surface area (Å²) in [6.45, 7) is 4.42. The van der Waals surface area contributed by atoms with Crippen molar-refractivity contribution < 1.29 is 23.5 Å². The molecule has 2 atom stereocenters. The highest BCUT2D eigenvalue weighted by atomic mass is 79.9. The van der Waals surface area contributed by atoms with Gasteiger partial charge in [0.05, 0.1) is 4.92 Å². The third-order valence-corrected chi connectivity index (χ3v) is 5.37. The monoisotopic (exact) mass is 374 g/mol. The molecule has 0 aromatic heterocycles. The molecule has 0 N–H and O–H groups in total. The summed E-state index contributed by atoms with van der Waals surface area (Å²) in [5.74, 6) is -1.06. The Labute approximate surface area is 126 Å². The summed E-state index contributed by atoms with van der Waals surface area (Å²) < 4.78 is 29.7. The highest BCUT2D eigenvalue weighted by molar-refractivity contribution is 9.09. The van der Waals surface area contributed by atoms with Gasteiger partial charge in [0, 0.05) is 18.5 Å². The lowest BCUT2D eigenvalue weighted by Gasteiger charge is -2.27. The van der Waals surface area contributed by atoms with Crippen molar-refractivity contribution in [2.45, 2.75) is 25.4 Å². The van der Waals surface area contributed by atoms with Crippen molar-refractivity contribution in [3.05, 3.63) is 10.1 Å².